The zero-order chi connectivity index (χ0) is 18.1. The Balaban J connectivity index is 2.20. The first-order valence-corrected chi connectivity index (χ1v) is 7.38. The Hall–Kier alpha value is -2.69. The van der Waals surface area contributed by atoms with Crippen molar-refractivity contribution in [2.75, 3.05) is 13.2 Å². The van der Waals surface area contributed by atoms with Crippen LogP contribution in [-0.2, 0) is 16.1 Å². The highest BCUT2D eigenvalue weighted by Crippen LogP contribution is 2.12. The van der Waals surface area contributed by atoms with Gasteiger partial charge in [-0.1, -0.05) is 0 Å². The van der Waals surface area contributed by atoms with E-state index in [0.29, 0.717) is 31.6 Å². The number of hydrogen-bond donors (Lipinski definition) is 3. The molecule has 0 radical (unpaired) electrons. The number of aryl methyl sites for hydroxylation is 1. The van der Waals surface area contributed by atoms with Crippen molar-refractivity contribution in [3.8, 4) is 0 Å². The number of nitrogens with two attached hydrogens (primary N) is 1. The van der Waals surface area contributed by atoms with Crippen LogP contribution in [0, 0.1) is 17.0 Å². The average molecular weight is 343 g/mol. The molecule has 1 rings (SSSR count). The lowest BCUT2D eigenvalue weighted by Crippen LogP contribution is -2.30. The number of carboxylic acid groups (broad SMARTS) is 1. The molecule has 24 heavy (non-hydrogen) atoms. The molecule has 1 unspecified atom stereocenters. The number of rotatable bonds is 10. The molecule has 0 bridgehead atoms. The number of alkyl carbamates (subject to hydrolysis) is 1. The number of aromatic nitrogens is 2. The fraction of sp³-hybridized carbons (Fsp3) is 0.615. The Morgan fingerprint density at radius 1 is 1.54 bits per heavy atom. The molecule has 1 aromatic rings. The van der Waals surface area contributed by atoms with Crippen LogP contribution in [0.3, 0.4) is 0 Å². The van der Waals surface area contributed by atoms with E-state index in [1.54, 1.807) is 6.92 Å². The quantitative estimate of drug-likeness (QED) is 0.312. The van der Waals surface area contributed by atoms with E-state index >= 15 is 0 Å². The highest BCUT2D eigenvalue weighted by molar-refractivity contribution is 5.72. The van der Waals surface area contributed by atoms with E-state index in [4.69, 9.17) is 15.6 Å². The lowest BCUT2D eigenvalue weighted by molar-refractivity contribution is -0.392. The van der Waals surface area contributed by atoms with E-state index < -0.39 is 23.0 Å². The number of carbonyl (C=O) groups excluding carboxylic acids is 1. The lowest BCUT2D eigenvalue weighted by atomic mass is 10.1. The Kier molecular flexibility index (Phi) is 7.62. The number of aliphatic carboxylic acids is 1. The van der Waals surface area contributed by atoms with E-state index in [2.05, 4.69) is 10.3 Å². The van der Waals surface area contributed by atoms with E-state index in [1.807, 2.05) is 0 Å². The second kappa shape index (κ2) is 9.45. The first kappa shape index (κ1) is 19.4. The normalized spacial score (nSPS) is 11.8. The summed E-state index contributed by atoms with van der Waals surface area (Å²) in [6.45, 7) is 2.04. The van der Waals surface area contributed by atoms with Crippen LogP contribution in [0.15, 0.2) is 6.20 Å². The Bertz CT molecular complexity index is 587. The maximum atomic E-state index is 11.5. The number of nitrogens with one attached hydrogen (secondary N) is 1. The molecule has 0 aliphatic rings. The minimum absolute atomic E-state index is 0.0340. The maximum absolute atomic E-state index is 11.5. The number of imidazole rings is 1. The summed E-state index contributed by atoms with van der Waals surface area (Å²) in [4.78, 5) is 36.1. The number of carbonyl (C=O) groups is 2. The van der Waals surface area contributed by atoms with Gasteiger partial charge in [-0.25, -0.2) is 14.3 Å². The van der Waals surface area contributed by atoms with Gasteiger partial charge < -0.3 is 31.0 Å². The summed E-state index contributed by atoms with van der Waals surface area (Å²) in [5.41, 5.74) is 5.35. The Morgan fingerprint density at radius 3 is 2.88 bits per heavy atom. The van der Waals surface area contributed by atoms with Crippen molar-refractivity contribution >= 4 is 17.9 Å². The third-order valence-corrected chi connectivity index (χ3v) is 3.30. The van der Waals surface area contributed by atoms with Gasteiger partial charge >= 0.3 is 17.9 Å². The van der Waals surface area contributed by atoms with Gasteiger partial charge in [0.25, 0.3) is 0 Å². The van der Waals surface area contributed by atoms with Crippen molar-refractivity contribution in [1.29, 1.82) is 0 Å². The number of carboxylic acids is 1. The lowest BCUT2D eigenvalue weighted by Gasteiger charge is -2.08. The van der Waals surface area contributed by atoms with Gasteiger partial charge in [0.05, 0.1) is 0 Å². The number of hydrogen-bond acceptors (Lipinski definition) is 7. The van der Waals surface area contributed by atoms with Crippen LogP contribution in [0.2, 0.25) is 0 Å². The number of ether oxygens (including phenoxy) is 1. The summed E-state index contributed by atoms with van der Waals surface area (Å²) in [5, 5.41) is 21.9. The van der Waals surface area contributed by atoms with Gasteiger partial charge in [-0.05, 0) is 24.2 Å². The van der Waals surface area contributed by atoms with Crippen molar-refractivity contribution in [3.63, 3.8) is 0 Å². The Labute approximate surface area is 137 Å². The van der Waals surface area contributed by atoms with E-state index in [1.165, 1.54) is 4.57 Å². The molecule has 0 fully saturated rings. The van der Waals surface area contributed by atoms with Crippen molar-refractivity contribution in [2.24, 2.45) is 5.73 Å². The molecule has 1 heterocycles. The first-order chi connectivity index (χ1) is 11.3. The van der Waals surface area contributed by atoms with Crippen LogP contribution in [-0.4, -0.2) is 50.8 Å². The van der Waals surface area contributed by atoms with Crippen LogP contribution in [0.4, 0.5) is 10.6 Å². The molecule has 134 valence electrons. The molecule has 4 N–H and O–H groups in total. The average Bonchev–Trinajstić information content (AvgIpc) is 2.88. The highest BCUT2D eigenvalue weighted by atomic mass is 16.6. The van der Waals surface area contributed by atoms with Gasteiger partial charge in [0.2, 0.25) is 0 Å². The maximum Gasteiger partial charge on any atom is 0.407 e. The third kappa shape index (κ3) is 6.20. The standard InChI is InChI=1S/C13H21N5O6/c1-9-16-8-11(18(22)23)17(9)6-7-24-13(21)15-5-3-2-4-10(14)12(19)20/h8,10H,2-7,14H2,1H3,(H,15,21)(H,19,20). The summed E-state index contributed by atoms with van der Waals surface area (Å²) in [6.07, 6.45) is 1.97. The number of nitrogens with zero attached hydrogens (tertiary/aromatic N) is 3. The molecular formula is C13H21N5O6. The fourth-order valence-electron chi connectivity index (χ4n) is 1.96. The summed E-state index contributed by atoms with van der Waals surface area (Å²) < 4.78 is 6.28. The van der Waals surface area contributed by atoms with Crippen LogP contribution >= 0.6 is 0 Å². The smallest absolute Gasteiger partial charge is 0.407 e. The van der Waals surface area contributed by atoms with E-state index in [-0.39, 0.29) is 19.0 Å². The zero-order valence-electron chi connectivity index (χ0n) is 13.3. The van der Waals surface area contributed by atoms with Gasteiger partial charge in [-0.2, -0.15) is 0 Å². The number of nitro groups is 1. The van der Waals surface area contributed by atoms with E-state index in [0.717, 1.165) is 6.20 Å². The van der Waals surface area contributed by atoms with Crippen molar-refractivity contribution in [3.05, 3.63) is 22.1 Å². The minimum atomic E-state index is -1.05. The van der Waals surface area contributed by atoms with Gasteiger partial charge in [0, 0.05) is 13.5 Å². The van der Waals surface area contributed by atoms with Gasteiger partial charge in [-0.3, -0.25) is 4.79 Å². The molecule has 0 spiro atoms. The summed E-state index contributed by atoms with van der Waals surface area (Å²) >= 11 is 0. The molecule has 0 aromatic carbocycles. The molecular weight excluding hydrogens is 322 g/mol. The number of amides is 1. The number of unbranched alkanes of at least 4 members (excludes halogenated alkanes) is 1. The summed E-state index contributed by atoms with van der Waals surface area (Å²) in [5.74, 6) is -0.752. The molecule has 0 saturated heterocycles. The highest BCUT2D eigenvalue weighted by Gasteiger charge is 2.17. The molecule has 11 heteroatoms. The molecule has 1 amide bonds. The monoisotopic (exact) mass is 343 g/mol. The molecule has 11 nitrogen and oxygen atoms in total. The predicted molar refractivity (Wildman–Crippen MR) is 82.4 cm³/mol. The summed E-state index contributed by atoms with van der Waals surface area (Å²) in [6, 6.07) is -0.897. The third-order valence-electron chi connectivity index (χ3n) is 3.30. The second-order valence-corrected chi connectivity index (χ2v) is 5.08. The molecule has 0 aliphatic heterocycles. The molecule has 0 saturated carbocycles. The van der Waals surface area contributed by atoms with Gasteiger partial charge in [-0.15, -0.1) is 0 Å². The fourth-order valence-corrected chi connectivity index (χ4v) is 1.96. The van der Waals surface area contributed by atoms with Crippen LogP contribution < -0.4 is 11.1 Å². The SMILES string of the molecule is Cc1ncc([N+](=O)[O-])n1CCOC(=O)NCCCCC(N)C(=O)O. The molecule has 0 aliphatic carbocycles. The van der Waals surface area contributed by atoms with E-state index in [9.17, 15) is 19.7 Å². The minimum Gasteiger partial charge on any atom is -0.480 e. The van der Waals surface area contributed by atoms with Crippen molar-refractivity contribution in [1.82, 2.24) is 14.9 Å². The first-order valence-electron chi connectivity index (χ1n) is 7.38. The van der Waals surface area contributed by atoms with Crippen molar-refractivity contribution in [2.45, 2.75) is 38.8 Å². The largest absolute Gasteiger partial charge is 0.480 e. The van der Waals surface area contributed by atoms with Crippen LogP contribution in [0.25, 0.3) is 0 Å². The molecule has 1 atom stereocenters. The van der Waals surface area contributed by atoms with Crippen LogP contribution in [0.5, 0.6) is 0 Å². The Morgan fingerprint density at radius 2 is 2.25 bits per heavy atom. The molecule has 1 aromatic heterocycles. The van der Waals surface area contributed by atoms with Crippen LogP contribution in [0.1, 0.15) is 25.1 Å². The summed E-state index contributed by atoms with van der Waals surface area (Å²) in [7, 11) is 0. The van der Waals surface area contributed by atoms with Gasteiger partial charge in [0.1, 0.15) is 25.4 Å². The predicted octanol–water partition coefficient (Wildman–Crippen LogP) is 0.408. The topological polar surface area (TPSA) is 163 Å². The second-order valence-electron chi connectivity index (χ2n) is 5.08. The van der Waals surface area contributed by atoms with Crippen molar-refractivity contribution < 1.29 is 24.4 Å². The van der Waals surface area contributed by atoms with Gasteiger partial charge in [0.15, 0.2) is 5.82 Å². The zero-order valence-corrected chi connectivity index (χ0v) is 13.3.